The van der Waals surface area contributed by atoms with Gasteiger partial charge in [0.25, 0.3) is 0 Å². The number of amides is 1. The largest absolute Gasteiger partial charge is 0.481 e. The van der Waals surface area contributed by atoms with Crippen molar-refractivity contribution in [3.8, 4) is 0 Å². The van der Waals surface area contributed by atoms with Crippen LogP contribution in [0, 0.1) is 11.8 Å². The highest BCUT2D eigenvalue weighted by Crippen LogP contribution is 2.12. The van der Waals surface area contributed by atoms with Crippen LogP contribution in [-0.2, 0) is 9.59 Å². The first-order valence-corrected chi connectivity index (χ1v) is 6.40. The van der Waals surface area contributed by atoms with Gasteiger partial charge in [0.1, 0.15) is 0 Å². The Balaban J connectivity index is 4.20. The van der Waals surface area contributed by atoms with E-state index in [4.69, 9.17) is 5.11 Å². The van der Waals surface area contributed by atoms with E-state index >= 15 is 0 Å². The van der Waals surface area contributed by atoms with E-state index in [2.05, 4.69) is 13.8 Å². The Kier molecular flexibility index (Phi) is 7.59. The first-order chi connectivity index (χ1) is 7.90. The minimum absolute atomic E-state index is 0.0621. The van der Waals surface area contributed by atoms with Gasteiger partial charge in [-0.3, -0.25) is 9.59 Å². The molecule has 0 aliphatic rings. The van der Waals surface area contributed by atoms with Gasteiger partial charge in [-0.05, 0) is 18.8 Å². The molecule has 0 fully saturated rings. The molecule has 0 spiro atoms. The van der Waals surface area contributed by atoms with Gasteiger partial charge in [-0.25, -0.2) is 0 Å². The molecule has 17 heavy (non-hydrogen) atoms. The normalized spacial score (nSPS) is 14.1. The molecule has 1 amide bonds. The Morgan fingerprint density at radius 2 is 1.71 bits per heavy atom. The third-order valence-electron chi connectivity index (χ3n) is 3.01. The summed E-state index contributed by atoms with van der Waals surface area (Å²) in [7, 11) is 0. The van der Waals surface area contributed by atoms with Crippen molar-refractivity contribution in [1.82, 2.24) is 4.90 Å². The number of carbonyl (C=O) groups is 2. The lowest BCUT2D eigenvalue weighted by atomic mass is 10.0. The molecule has 100 valence electrons. The second kappa shape index (κ2) is 8.09. The Morgan fingerprint density at radius 3 is 2.12 bits per heavy atom. The predicted molar refractivity (Wildman–Crippen MR) is 67.7 cm³/mol. The van der Waals surface area contributed by atoms with Crippen molar-refractivity contribution in [2.45, 2.75) is 47.0 Å². The SMILES string of the molecule is CCC(C)CN(CC)C(=O)CC(C)CC(=O)O. The number of hydrogen-bond donors (Lipinski definition) is 1. The monoisotopic (exact) mass is 243 g/mol. The molecule has 0 aromatic carbocycles. The molecular weight excluding hydrogens is 218 g/mol. The molecule has 4 heteroatoms. The number of carboxylic acids is 1. The van der Waals surface area contributed by atoms with Crippen LogP contribution >= 0.6 is 0 Å². The van der Waals surface area contributed by atoms with Gasteiger partial charge >= 0.3 is 5.97 Å². The fourth-order valence-electron chi connectivity index (χ4n) is 1.71. The van der Waals surface area contributed by atoms with E-state index in [1.54, 1.807) is 0 Å². The summed E-state index contributed by atoms with van der Waals surface area (Å²) in [5.74, 6) is -0.364. The van der Waals surface area contributed by atoms with Crippen LogP contribution in [0.4, 0.5) is 0 Å². The molecule has 0 aromatic heterocycles. The lowest BCUT2D eigenvalue weighted by molar-refractivity contribution is -0.138. The van der Waals surface area contributed by atoms with Gasteiger partial charge in [0.2, 0.25) is 5.91 Å². The Morgan fingerprint density at radius 1 is 1.12 bits per heavy atom. The van der Waals surface area contributed by atoms with Gasteiger partial charge in [-0.2, -0.15) is 0 Å². The maximum atomic E-state index is 12.0. The van der Waals surface area contributed by atoms with Crippen molar-refractivity contribution >= 4 is 11.9 Å². The molecule has 2 atom stereocenters. The van der Waals surface area contributed by atoms with E-state index in [1.165, 1.54) is 0 Å². The number of rotatable bonds is 8. The summed E-state index contributed by atoms with van der Waals surface area (Å²) in [6, 6.07) is 0. The highest BCUT2D eigenvalue weighted by Gasteiger charge is 2.18. The number of hydrogen-bond acceptors (Lipinski definition) is 2. The third kappa shape index (κ3) is 6.97. The number of aliphatic carboxylic acids is 1. The fraction of sp³-hybridized carbons (Fsp3) is 0.846. The highest BCUT2D eigenvalue weighted by atomic mass is 16.4. The predicted octanol–water partition coefficient (Wildman–Crippen LogP) is 2.38. The van der Waals surface area contributed by atoms with E-state index in [0.29, 0.717) is 18.9 Å². The van der Waals surface area contributed by atoms with E-state index < -0.39 is 5.97 Å². The van der Waals surface area contributed by atoms with Crippen molar-refractivity contribution in [1.29, 1.82) is 0 Å². The van der Waals surface area contributed by atoms with Gasteiger partial charge in [-0.15, -0.1) is 0 Å². The van der Waals surface area contributed by atoms with Crippen molar-refractivity contribution < 1.29 is 14.7 Å². The van der Waals surface area contributed by atoms with Gasteiger partial charge in [0, 0.05) is 25.9 Å². The highest BCUT2D eigenvalue weighted by molar-refractivity contribution is 5.77. The quantitative estimate of drug-likeness (QED) is 0.712. The average Bonchev–Trinajstić information content (AvgIpc) is 2.23. The molecule has 0 rings (SSSR count). The van der Waals surface area contributed by atoms with Crippen molar-refractivity contribution in [3.63, 3.8) is 0 Å². The Labute approximate surface area is 104 Å². The topological polar surface area (TPSA) is 57.6 Å². The zero-order valence-corrected chi connectivity index (χ0v) is 11.4. The number of carboxylic acid groups (broad SMARTS) is 1. The summed E-state index contributed by atoms with van der Waals surface area (Å²) in [6.07, 6.45) is 1.44. The minimum Gasteiger partial charge on any atom is -0.481 e. The molecule has 0 saturated heterocycles. The fourth-order valence-corrected chi connectivity index (χ4v) is 1.71. The standard InChI is InChI=1S/C13H25NO3/c1-5-10(3)9-14(6-2)12(15)7-11(4)8-13(16)17/h10-11H,5-9H2,1-4H3,(H,16,17). The van der Waals surface area contributed by atoms with Crippen molar-refractivity contribution in [2.24, 2.45) is 11.8 Å². The van der Waals surface area contributed by atoms with E-state index in [1.807, 2.05) is 18.7 Å². The summed E-state index contributed by atoms with van der Waals surface area (Å²) in [6.45, 7) is 9.46. The Hall–Kier alpha value is -1.06. The molecular formula is C13H25NO3. The van der Waals surface area contributed by atoms with Gasteiger partial charge < -0.3 is 10.0 Å². The smallest absolute Gasteiger partial charge is 0.303 e. The van der Waals surface area contributed by atoms with E-state index in [0.717, 1.165) is 13.0 Å². The molecule has 0 aromatic rings. The molecule has 0 aliphatic carbocycles. The van der Waals surface area contributed by atoms with Crippen LogP contribution in [0.1, 0.15) is 47.0 Å². The van der Waals surface area contributed by atoms with E-state index in [-0.39, 0.29) is 18.2 Å². The van der Waals surface area contributed by atoms with Crippen LogP contribution in [0.2, 0.25) is 0 Å². The second-order valence-electron chi connectivity index (χ2n) is 4.85. The molecule has 0 heterocycles. The molecule has 2 unspecified atom stereocenters. The molecule has 0 radical (unpaired) electrons. The van der Waals surface area contributed by atoms with Gasteiger partial charge in [-0.1, -0.05) is 27.2 Å². The van der Waals surface area contributed by atoms with Crippen molar-refractivity contribution in [3.05, 3.63) is 0 Å². The number of carbonyl (C=O) groups excluding carboxylic acids is 1. The van der Waals surface area contributed by atoms with E-state index in [9.17, 15) is 9.59 Å². The maximum absolute atomic E-state index is 12.0. The zero-order chi connectivity index (χ0) is 13.4. The number of nitrogens with zero attached hydrogens (tertiary/aromatic N) is 1. The van der Waals surface area contributed by atoms with Crippen LogP contribution < -0.4 is 0 Å². The molecule has 0 saturated carbocycles. The second-order valence-corrected chi connectivity index (χ2v) is 4.85. The Bertz CT molecular complexity index is 253. The summed E-state index contributed by atoms with van der Waals surface area (Å²) in [5.41, 5.74) is 0. The zero-order valence-electron chi connectivity index (χ0n) is 11.4. The molecule has 0 aliphatic heterocycles. The van der Waals surface area contributed by atoms with Crippen LogP contribution in [-0.4, -0.2) is 35.0 Å². The van der Waals surface area contributed by atoms with Gasteiger partial charge in [0.15, 0.2) is 0 Å². The summed E-state index contributed by atoms with van der Waals surface area (Å²) in [4.78, 5) is 24.3. The third-order valence-corrected chi connectivity index (χ3v) is 3.01. The molecule has 4 nitrogen and oxygen atoms in total. The maximum Gasteiger partial charge on any atom is 0.303 e. The lowest BCUT2D eigenvalue weighted by Gasteiger charge is -2.25. The van der Waals surface area contributed by atoms with Gasteiger partial charge in [0.05, 0.1) is 0 Å². The van der Waals surface area contributed by atoms with Crippen LogP contribution in [0.25, 0.3) is 0 Å². The molecule has 1 N–H and O–H groups in total. The first-order valence-electron chi connectivity index (χ1n) is 6.40. The van der Waals surface area contributed by atoms with Crippen LogP contribution in [0.15, 0.2) is 0 Å². The summed E-state index contributed by atoms with van der Waals surface area (Å²) < 4.78 is 0. The average molecular weight is 243 g/mol. The summed E-state index contributed by atoms with van der Waals surface area (Å²) >= 11 is 0. The van der Waals surface area contributed by atoms with Crippen LogP contribution in [0.5, 0.6) is 0 Å². The first kappa shape index (κ1) is 15.9. The van der Waals surface area contributed by atoms with Crippen molar-refractivity contribution in [2.75, 3.05) is 13.1 Å². The summed E-state index contributed by atoms with van der Waals surface area (Å²) in [5, 5.41) is 8.65. The molecule has 0 bridgehead atoms. The lowest BCUT2D eigenvalue weighted by Crippen LogP contribution is -2.35. The minimum atomic E-state index is -0.838. The van der Waals surface area contributed by atoms with Crippen LogP contribution in [0.3, 0.4) is 0 Å².